The fraction of sp³-hybridized carbons (Fsp3) is 0.242. The summed E-state index contributed by atoms with van der Waals surface area (Å²) in [5.74, 6) is 0.786. The van der Waals surface area contributed by atoms with Gasteiger partial charge >= 0.3 is 0 Å². The molecular weight excluding hydrogens is 482 g/mol. The van der Waals surface area contributed by atoms with E-state index in [2.05, 4.69) is 92.7 Å². The van der Waals surface area contributed by atoms with Crippen LogP contribution in [0, 0.1) is 6.92 Å². The fourth-order valence-corrected chi connectivity index (χ4v) is 5.31. The third-order valence-corrected chi connectivity index (χ3v) is 7.64. The van der Waals surface area contributed by atoms with Gasteiger partial charge < -0.3 is 10.2 Å². The highest BCUT2D eigenvalue weighted by Crippen LogP contribution is 2.30. The number of nitrogens with zero attached hydrogens (tertiary/aromatic N) is 4. The molecule has 6 nitrogen and oxygen atoms in total. The Labute approximate surface area is 230 Å². The predicted octanol–water partition coefficient (Wildman–Crippen LogP) is 5.74. The molecule has 196 valence electrons. The lowest BCUT2D eigenvalue weighted by Crippen LogP contribution is -2.46. The van der Waals surface area contributed by atoms with Gasteiger partial charge in [0, 0.05) is 56.4 Å². The Balaban J connectivity index is 1.06. The minimum atomic E-state index is -0.0200. The predicted molar refractivity (Wildman–Crippen MR) is 158 cm³/mol. The molecule has 6 rings (SSSR count). The van der Waals surface area contributed by atoms with E-state index in [1.807, 2.05) is 18.2 Å². The second-order valence-corrected chi connectivity index (χ2v) is 10.4. The van der Waals surface area contributed by atoms with Gasteiger partial charge in [0.05, 0.1) is 0 Å². The highest BCUT2D eigenvalue weighted by Gasteiger charge is 2.19. The number of hydrogen-bond donors (Lipinski definition) is 1. The third kappa shape index (κ3) is 5.91. The molecule has 6 heteroatoms. The van der Waals surface area contributed by atoms with Gasteiger partial charge in [-0.05, 0) is 77.9 Å². The van der Waals surface area contributed by atoms with E-state index >= 15 is 0 Å². The molecule has 1 saturated heterocycles. The van der Waals surface area contributed by atoms with Crippen LogP contribution >= 0.6 is 0 Å². The highest BCUT2D eigenvalue weighted by molar-refractivity contribution is 6.07. The molecule has 0 saturated carbocycles. The van der Waals surface area contributed by atoms with Crippen LogP contribution in [-0.2, 0) is 17.8 Å². The number of anilines is 2. The summed E-state index contributed by atoms with van der Waals surface area (Å²) in [6, 6.07) is 25.2. The Hall–Kier alpha value is -4.29. The van der Waals surface area contributed by atoms with Crippen LogP contribution in [0.4, 0.5) is 11.6 Å². The van der Waals surface area contributed by atoms with Crippen molar-refractivity contribution in [1.29, 1.82) is 0 Å². The molecule has 2 heterocycles. The van der Waals surface area contributed by atoms with Crippen molar-refractivity contribution in [1.82, 2.24) is 14.9 Å². The number of aromatic nitrogens is 2. The molecular formula is C33H33N5O. The Morgan fingerprint density at radius 2 is 1.56 bits per heavy atom. The number of nitrogens with one attached hydrogen (secondary N) is 1. The van der Waals surface area contributed by atoms with Gasteiger partial charge in [-0.1, -0.05) is 54.1 Å². The second-order valence-electron chi connectivity index (χ2n) is 10.4. The van der Waals surface area contributed by atoms with E-state index in [0.29, 0.717) is 0 Å². The van der Waals surface area contributed by atoms with E-state index in [4.69, 9.17) is 0 Å². The lowest BCUT2D eigenvalue weighted by Gasteiger charge is -2.34. The monoisotopic (exact) mass is 515 g/mol. The first kappa shape index (κ1) is 25.0. The smallest absolute Gasteiger partial charge is 0.251 e. The summed E-state index contributed by atoms with van der Waals surface area (Å²) >= 11 is 0. The van der Waals surface area contributed by atoms with Gasteiger partial charge in [0.25, 0.3) is 5.91 Å². The van der Waals surface area contributed by atoms with Crippen molar-refractivity contribution in [3.05, 3.63) is 113 Å². The number of fused-ring (bicyclic) bond motifs is 1. The number of benzene rings is 3. The van der Waals surface area contributed by atoms with Crippen molar-refractivity contribution in [2.45, 2.75) is 26.3 Å². The summed E-state index contributed by atoms with van der Waals surface area (Å²) in [6.45, 7) is 6.77. The Kier molecular flexibility index (Phi) is 7.19. The number of hydrogen-bond acceptors (Lipinski definition) is 5. The third-order valence-electron chi connectivity index (χ3n) is 7.64. The number of rotatable bonds is 6. The molecule has 3 aromatic carbocycles. The minimum absolute atomic E-state index is 0.0200. The zero-order valence-corrected chi connectivity index (χ0v) is 22.3. The summed E-state index contributed by atoms with van der Waals surface area (Å²) in [6.07, 6.45) is 7.27. The normalized spacial score (nSPS) is 15.4. The zero-order chi connectivity index (χ0) is 26.6. The molecule has 1 aliphatic heterocycles. The van der Waals surface area contributed by atoms with E-state index in [1.165, 1.54) is 27.8 Å². The first-order chi connectivity index (χ1) is 19.1. The molecule has 39 heavy (non-hydrogen) atoms. The molecule has 1 aliphatic carbocycles. The SMILES string of the molecule is Cc1ccc(-c2ccc3c(c2)C=C(C(=O)Nc2ccc(CN4CCN(c5ncccn5)CC4)cc2)CC3)cc1. The molecule has 1 amide bonds. The number of carbonyl (C=O) groups is 1. The summed E-state index contributed by atoms with van der Waals surface area (Å²) < 4.78 is 0. The van der Waals surface area contributed by atoms with E-state index in [-0.39, 0.29) is 5.91 Å². The van der Waals surface area contributed by atoms with Crippen LogP contribution in [0.1, 0.15) is 28.7 Å². The van der Waals surface area contributed by atoms with Crippen LogP contribution in [0.5, 0.6) is 0 Å². The second kappa shape index (κ2) is 11.2. The van der Waals surface area contributed by atoms with Crippen molar-refractivity contribution in [3.63, 3.8) is 0 Å². The first-order valence-corrected chi connectivity index (χ1v) is 13.7. The maximum atomic E-state index is 13.1. The van der Waals surface area contributed by atoms with Crippen LogP contribution in [-0.4, -0.2) is 47.0 Å². The zero-order valence-electron chi connectivity index (χ0n) is 22.3. The minimum Gasteiger partial charge on any atom is -0.338 e. The number of amides is 1. The topological polar surface area (TPSA) is 61.4 Å². The Morgan fingerprint density at radius 3 is 2.31 bits per heavy atom. The molecule has 0 radical (unpaired) electrons. The van der Waals surface area contributed by atoms with E-state index in [0.717, 1.165) is 68.3 Å². The molecule has 4 aromatic rings. The quantitative estimate of drug-likeness (QED) is 0.355. The Bertz CT molecular complexity index is 1470. The van der Waals surface area contributed by atoms with Gasteiger partial charge in [0.2, 0.25) is 5.95 Å². The van der Waals surface area contributed by atoms with Gasteiger partial charge in [-0.3, -0.25) is 9.69 Å². The maximum Gasteiger partial charge on any atom is 0.251 e. The van der Waals surface area contributed by atoms with Crippen molar-refractivity contribution in [2.24, 2.45) is 0 Å². The van der Waals surface area contributed by atoms with E-state index < -0.39 is 0 Å². The van der Waals surface area contributed by atoms with Crippen molar-refractivity contribution in [3.8, 4) is 11.1 Å². The molecule has 0 unspecified atom stereocenters. The van der Waals surface area contributed by atoms with Crippen molar-refractivity contribution < 1.29 is 4.79 Å². The lowest BCUT2D eigenvalue weighted by molar-refractivity contribution is -0.112. The van der Waals surface area contributed by atoms with Gasteiger partial charge in [0.15, 0.2) is 0 Å². The largest absolute Gasteiger partial charge is 0.338 e. The summed E-state index contributed by atoms with van der Waals surface area (Å²) in [5.41, 5.74) is 8.95. The van der Waals surface area contributed by atoms with Crippen molar-refractivity contribution in [2.75, 3.05) is 36.4 Å². The molecule has 1 fully saturated rings. The summed E-state index contributed by atoms with van der Waals surface area (Å²) in [7, 11) is 0. The molecule has 1 N–H and O–H groups in total. The average Bonchev–Trinajstić information content (AvgIpc) is 2.99. The van der Waals surface area contributed by atoms with Crippen LogP contribution in [0.15, 0.2) is 90.8 Å². The highest BCUT2D eigenvalue weighted by atomic mass is 16.1. The maximum absolute atomic E-state index is 13.1. The van der Waals surface area contributed by atoms with Crippen LogP contribution < -0.4 is 10.2 Å². The molecule has 0 atom stereocenters. The standard InChI is InChI=1S/C33H33N5O/c1-24-3-7-26(8-4-24)28-11-9-27-10-12-29(22-30(27)21-28)32(39)36-31-13-5-25(6-14-31)23-37-17-19-38(20-18-37)33-34-15-2-16-35-33/h2-9,11,13-16,21-22H,10,12,17-20,23H2,1H3,(H,36,39). The number of aryl methyl sites for hydroxylation is 2. The van der Waals surface area contributed by atoms with Gasteiger partial charge in [-0.25, -0.2) is 9.97 Å². The molecule has 0 spiro atoms. The average molecular weight is 516 g/mol. The summed E-state index contributed by atoms with van der Waals surface area (Å²) in [4.78, 5) is 26.5. The number of carbonyl (C=O) groups excluding carboxylic acids is 1. The van der Waals surface area contributed by atoms with Crippen LogP contribution in [0.2, 0.25) is 0 Å². The van der Waals surface area contributed by atoms with Crippen molar-refractivity contribution >= 4 is 23.6 Å². The van der Waals surface area contributed by atoms with Gasteiger partial charge in [0.1, 0.15) is 0 Å². The Morgan fingerprint density at radius 1 is 0.846 bits per heavy atom. The van der Waals surface area contributed by atoms with Gasteiger partial charge in [-0.2, -0.15) is 0 Å². The van der Waals surface area contributed by atoms with Crippen LogP contribution in [0.3, 0.4) is 0 Å². The van der Waals surface area contributed by atoms with E-state index in [9.17, 15) is 4.79 Å². The lowest BCUT2D eigenvalue weighted by atomic mass is 9.89. The fourth-order valence-electron chi connectivity index (χ4n) is 5.31. The van der Waals surface area contributed by atoms with Gasteiger partial charge in [-0.15, -0.1) is 0 Å². The summed E-state index contributed by atoms with van der Waals surface area (Å²) in [5, 5.41) is 3.11. The van der Waals surface area contributed by atoms with E-state index in [1.54, 1.807) is 12.4 Å². The van der Waals surface area contributed by atoms with Crippen LogP contribution in [0.25, 0.3) is 17.2 Å². The molecule has 2 aliphatic rings. The first-order valence-electron chi connectivity index (χ1n) is 13.7. The molecule has 0 bridgehead atoms. The molecule has 1 aromatic heterocycles. The number of piperazine rings is 1.